The first-order valence-corrected chi connectivity index (χ1v) is 10.4. The van der Waals surface area contributed by atoms with Crippen LogP contribution in [0.1, 0.15) is 23.7 Å². The Labute approximate surface area is 188 Å². The number of benzene rings is 1. The van der Waals surface area contributed by atoms with Gasteiger partial charge in [0.1, 0.15) is 0 Å². The van der Waals surface area contributed by atoms with E-state index >= 15 is 0 Å². The number of fused-ring (bicyclic) bond motifs is 1. The molecule has 0 unspecified atom stereocenters. The van der Waals surface area contributed by atoms with Gasteiger partial charge in [-0.3, -0.25) is 9.82 Å². The van der Waals surface area contributed by atoms with Crippen molar-refractivity contribution >= 4 is 34.9 Å². The van der Waals surface area contributed by atoms with Crippen LogP contribution in [0.4, 0.5) is 16.4 Å². The Morgan fingerprint density at radius 3 is 2.84 bits per heavy atom. The van der Waals surface area contributed by atoms with Crippen LogP contribution in [0.2, 0.25) is 5.02 Å². The standard InChI is InChI=1S/C22H20ClN7O2/c1-13-18(10-16(11-25-13)15-4-7-20-27-21(24)28-29(20)12-15)26-22(31)30-19(8-9-32-30)14-2-5-17(23)6-3-14/h2-7,10-12,19H,8-9H2,1H3,(H2,24,28)(H,26,31)/t19-/m0/s1. The molecule has 5 rings (SSSR count). The van der Waals surface area contributed by atoms with Crippen molar-refractivity contribution in [3.63, 3.8) is 0 Å². The molecule has 0 saturated carbocycles. The second kappa shape index (κ2) is 8.10. The first-order valence-electron chi connectivity index (χ1n) is 10.1. The normalized spacial score (nSPS) is 15.9. The van der Waals surface area contributed by atoms with E-state index in [1.165, 1.54) is 5.06 Å². The number of hydroxylamine groups is 2. The molecule has 10 heteroatoms. The van der Waals surface area contributed by atoms with E-state index in [0.29, 0.717) is 35.1 Å². The smallest absolute Gasteiger partial charge is 0.346 e. The number of aryl methyl sites for hydroxylation is 1. The first-order chi connectivity index (χ1) is 15.5. The lowest BCUT2D eigenvalue weighted by atomic mass is 10.1. The maximum absolute atomic E-state index is 13.0. The summed E-state index contributed by atoms with van der Waals surface area (Å²) in [7, 11) is 0. The van der Waals surface area contributed by atoms with Crippen LogP contribution in [0.3, 0.4) is 0 Å². The molecule has 9 nitrogen and oxygen atoms in total. The summed E-state index contributed by atoms with van der Waals surface area (Å²) in [6, 6.07) is 12.5. The summed E-state index contributed by atoms with van der Waals surface area (Å²) < 4.78 is 1.61. The number of pyridine rings is 2. The molecule has 162 valence electrons. The minimum atomic E-state index is -0.357. The van der Waals surface area contributed by atoms with Crippen molar-refractivity contribution < 1.29 is 9.63 Å². The molecule has 4 heterocycles. The minimum absolute atomic E-state index is 0.191. The highest BCUT2D eigenvalue weighted by molar-refractivity contribution is 6.30. The van der Waals surface area contributed by atoms with Crippen LogP contribution in [-0.4, -0.2) is 37.3 Å². The molecule has 32 heavy (non-hydrogen) atoms. The fourth-order valence-electron chi connectivity index (χ4n) is 3.72. The number of nitrogens with two attached hydrogens (primary N) is 1. The molecule has 0 radical (unpaired) electrons. The number of rotatable bonds is 3. The number of aromatic nitrogens is 4. The molecule has 1 aliphatic rings. The fraction of sp³-hybridized carbons (Fsp3) is 0.182. The highest BCUT2D eigenvalue weighted by Crippen LogP contribution is 2.32. The average molecular weight is 450 g/mol. The largest absolute Gasteiger partial charge is 0.366 e. The number of amides is 2. The number of nitrogen functional groups attached to an aromatic ring is 1. The van der Waals surface area contributed by atoms with Gasteiger partial charge in [-0.1, -0.05) is 23.7 Å². The Morgan fingerprint density at radius 2 is 2.03 bits per heavy atom. The van der Waals surface area contributed by atoms with Crippen LogP contribution >= 0.6 is 11.6 Å². The summed E-state index contributed by atoms with van der Waals surface area (Å²) in [4.78, 5) is 27.2. The zero-order chi connectivity index (χ0) is 22.2. The quantitative estimate of drug-likeness (QED) is 0.483. The Morgan fingerprint density at radius 1 is 1.22 bits per heavy atom. The Kier molecular flexibility index (Phi) is 5.12. The maximum Gasteiger partial charge on any atom is 0.346 e. The molecule has 0 aliphatic carbocycles. The van der Waals surface area contributed by atoms with Crippen LogP contribution in [0, 0.1) is 6.92 Å². The SMILES string of the molecule is Cc1ncc(-c2ccc3nc(N)nn3c2)cc1NC(=O)N1OCC[C@H]1c1ccc(Cl)cc1. The third kappa shape index (κ3) is 3.83. The topological polar surface area (TPSA) is 111 Å². The molecular weight excluding hydrogens is 430 g/mol. The van der Waals surface area contributed by atoms with Crippen molar-refractivity contribution in [3.05, 3.63) is 71.1 Å². The molecule has 0 spiro atoms. The van der Waals surface area contributed by atoms with E-state index < -0.39 is 0 Å². The summed E-state index contributed by atoms with van der Waals surface area (Å²) in [6.07, 6.45) is 4.26. The van der Waals surface area contributed by atoms with Gasteiger partial charge in [-0.25, -0.2) is 9.31 Å². The molecule has 3 N–H and O–H groups in total. The maximum atomic E-state index is 13.0. The Balaban J connectivity index is 1.39. The highest BCUT2D eigenvalue weighted by Gasteiger charge is 2.32. The van der Waals surface area contributed by atoms with E-state index in [1.54, 1.807) is 10.7 Å². The van der Waals surface area contributed by atoms with Crippen molar-refractivity contribution in [1.29, 1.82) is 0 Å². The number of anilines is 2. The minimum Gasteiger partial charge on any atom is -0.366 e. The molecule has 0 bridgehead atoms. The van der Waals surface area contributed by atoms with Gasteiger partial charge in [-0.15, -0.1) is 5.10 Å². The lowest BCUT2D eigenvalue weighted by molar-refractivity contribution is -0.0829. The second-order valence-electron chi connectivity index (χ2n) is 7.49. The lowest BCUT2D eigenvalue weighted by Crippen LogP contribution is -2.33. The third-order valence-corrected chi connectivity index (χ3v) is 5.62. The van der Waals surface area contributed by atoms with Gasteiger partial charge in [-0.2, -0.15) is 10.0 Å². The van der Waals surface area contributed by atoms with Crippen molar-refractivity contribution in [3.8, 4) is 11.1 Å². The van der Waals surface area contributed by atoms with Gasteiger partial charge in [-0.05, 0) is 42.8 Å². The fourth-order valence-corrected chi connectivity index (χ4v) is 3.84. The summed E-state index contributed by atoms with van der Waals surface area (Å²) in [6.45, 7) is 2.29. The van der Waals surface area contributed by atoms with E-state index in [4.69, 9.17) is 22.2 Å². The molecule has 1 aromatic carbocycles. The predicted octanol–water partition coefficient (Wildman–Crippen LogP) is 4.25. The molecule has 2 amide bonds. The monoisotopic (exact) mass is 449 g/mol. The van der Waals surface area contributed by atoms with Crippen LogP contribution in [0.15, 0.2) is 54.9 Å². The van der Waals surface area contributed by atoms with E-state index in [0.717, 1.165) is 16.7 Å². The van der Waals surface area contributed by atoms with Crippen LogP contribution in [0.5, 0.6) is 0 Å². The summed E-state index contributed by atoms with van der Waals surface area (Å²) >= 11 is 5.99. The number of halogens is 1. The van der Waals surface area contributed by atoms with Crippen molar-refractivity contribution in [2.24, 2.45) is 0 Å². The number of nitrogens with one attached hydrogen (secondary N) is 1. The number of carbonyl (C=O) groups is 1. The number of hydrogen-bond acceptors (Lipinski definition) is 6. The van der Waals surface area contributed by atoms with E-state index in [9.17, 15) is 4.79 Å². The lowest BCUT2D eigenvalue weighted by Gasteiger charge is -2.23. The molecule has 1 saturated heterocycles. The number of nitrogens with zero attached hydrogens (tertiary/aromatic N) is 5. The zero-order valence-electron chi connectivity index (χ0n) is 17.2. The molecule has 3 aromatic heterocycles. The van der Waals surface area contributed by atoms with Gasteiger partial charge < -0.3 is 11.1 Å². The second-order valence-corrected chi connectivity index (χ2v) is 7.93. The molecule has 1 atom stereocenters. The van der Waals surface area contributed by atoms with Gasteiger partial charge in [0, 0.05) is 35.0 Å². The van der Waals surface area contributed by atoms with E-state index in [2.05, 4.69) is 20.4 Å². The average Bonchev–Trinajstić information content (AvgIpc) is 3.41. The van der Waals surface area contributed by atoms with Crippen LogP contribution < -0.4 is 11.1 Å². The number of urea groups is 1. The molecule has 1 aliphatic heterocycles. The number of hydrogen-bond donors (Lipinski definition) is 2. The van der Waals surface area contributed by atoms with Crippen LogP contribution in [-0.2, 0) is 4.84 Å². The van der Waals surface area contributed by atoms with Gasteiger partial charge in [0.15, 0.2) is 5.65 Å². The van der Waals surface area contributed by atoms with Gasteiger partial charge >= 0.3 is 6.03 Å². The van der Waals surface area contributed by atoms with Crippen molar-refractivity contribution in [2.75, 3.05) is 17.7 Å². The van der Waals surface area contributed by atoms with Gasteiger partial charge in [0.2, 0.25) is 5.95 Å². The predicted molar refractivity (Wildman–Crippen MR) is 121 cm³/mol. The molecular formula is C22H20ClN7O2. The van der Waals surface area contributed by atoms with Gasteiger partial charge in [0.05, 0.1) is 24.0 Å². The highest BCUT2D eigenvalue weighted by atomic mass is 35.5. The summed E-state index contributed by atoms with van der Waals surface area (Å²) in [5.41, 5.74) is 10.3. The van der Waals surface area contributed by atoms with E-state index in [-0.39, 0.29) is 18.0 Å². The summed E-state index contributed by atoms with van der Waals surface area (Å²) in [5, 5.41) is 9.10. The summed E-state index contributed by atoms with van der Waals surface area (Å²) in [5.74, 6) is 0.206. The van der Waals surface area contributed by atoms with Crippen molar-refractivity contribution in [1.82, 2.24) is 24.6 Å². The Hall–Kier alpha value is -3.69. The molecule has 4 aromatic rings. The van der Waals surface area contributed by atoms with E-state index in [1.807, 2.05) is 55.6 Å². The van der Waals surface area contributed by atoms with Crippen LogP contribution in [0.25, 0.3) is 16.8 Å². The number of carbonyl (C=O) groups excluding carboxylic acids is 1. The third-order valence-electron chi connectivity index (χ3n) is 5.37. The van der Waals surface area contributed by atoms with Crippen molar-refractivity contribution in [2.45, 2.75) is 19.4 Å². The first kappa shape index (κ1) is 20.2. The molecule has 1 fully saturated rings. The zero-order valence-corrected chi connectivity index (χ0v) is 18.0. The van der Waals surface area contributed by atoms with Gasteiger partial charge in [0.25, 0.3) is 0 Å². The Bertz CT molecular complexity index is 1310.